The first-order valence-corrected chi connectivity index (χ1v) is 11.8. The summed E-state index contributed by atoms with van der Waals surface area (Å²) in [7, 11) is 0. The Hall–Kier alpha value is -2.61. The summed E-state index contributed by atoms with van der Waals surface area (Å²) in [4.78, 5) is 6.71. The van der Waals surface area contributed by atoms with Crippen LogP contribution in [0.4, 0.5) is 23.5 Å². The lowest BCUT2D eigenvalue weighted by Gasteiger charge is -2.31. The van der Waals surface area contributed by atoms with Gasteiger partial charge in [-0.1, -0.05) is 43.5 Å². The van der Waals surface area contributed by atoms with Crippen molar-refractivity contribution < 1.29 is 17.6 Å². The number of nitrogens with zero attached hydrogens (tertiary/aromatic N) is 4. The van der Waals surface area contributed by atoms with Crippen LogP contribution >= 0.6 is 11.6 Å². The summed E-state index contributed by atoms with van der Waals surface area (Å²) in [6.07, 6.45) is -0.511. The zero-order valence-corrected chi connectivity index (χ0v) is 20.1. The number of anilines is 1. The van der Waals surface area contributed by atoms with Gasteiger partial charge in [0.1, 0.15) is 11.6 Å². The van der Waals surface area contributed by atoms with Crippen LogP contribution in [0.3, 0.4) is 0 Å². The Labute approximate surface area is 201 Å². The fraction of sp³-hybridized carbons (Fsp3) is 0.440. The van der Waals surface area contributed by atoms with Gasteiger partial charge in [0.2, 0.25) is 5.95 Å². The lowest BCUT2D eigenvalue weighted by Crippen LogP contribution is -2.31. The fourth-order valence-electron chi connectivity index (χ4n) is 4.15. The number of benzene rings is 2. The molecule has 0 spiro atoms. The predicted molar refractivity (Wildman–Crippen MR) is 125 cm³/mol. The third kappa shape index (κ3) is 5.22. The Morgan fingerprint density at radius 2 is 1.88 bits per heavy atom. The largest absolute Gasteiger partial charge is 0.416 e. The first-order chi connectivity index (χ1) is 16.1. The van der Waals surface area contributed by atoms with Crippen molar-refractivity contribution in [1.82, 2.24) is 14.8 Å². The summed E-state index contributed by atoms with van der Waals surface area (Å²) >= 11 is 6.22. The van der Waals surface area contributed by atoms with Crippen molar-refractivity contribution in [3.05, 3.63) is 69.8 Å². The lowest BCUT2D eigenvalue weighted by molar-refractivity contribution is -0.137. The third-order valence-corrected chi connectivity index (χ3v) is 6.50. The highest BCUT2D eigenvalue weighted by Gasteiger charge is 2.33. The molecule has 2 aromatic carbocycles. The molecular weight excluding hydrogens is 468 g/mol. The molecule has 1 fully saturated rings. The maximum absolute atomic E-state index is 14.4. The Kier molecular flexibility index (Phi) is 6.90. The van der Waals surface area contributed by atoms with Gasteiger partial charge in [-0.3, -0.25) is 0 Å². The van der Waals surface area contributed by atoms with Gasteiger partial charge in [0, 0.05) is 6.54 Å². The molecule has 182 valence electrons. The quantitative estimate of drug-likeness (QED) is 0.305. The molecule has 1 heterocycles. The van der Waals surface area contributed by atoms with Gasteiger partial charge in [-0.25, -0.2) is 9.07 Å². The molecule has 1 aromatic heterocycles. The van der Waals surface area contributed by atoms with Gasteiger partial charge in [-0.2, -0.15) is 18.2 Å². The SMILES string of the molecule is CCCN(c1nc(C)n(-c2ccc(C(F)(F)F)cc2Cl)n1)C(CC1CC1)c1ccc(C)c(F)c1. The number of aryl methyl sites for hydroxylation is 2. The van der Waals surface area contributed by atoms with Gasteiger partial charge < -0.3 is 4.90 Å². The van der Waals surface area contributed by atoms with E-state index in [9.17, 15) is 17.6 Å². The van der Waals surface area contributed by atoms with Crippen molar-refractivity contribution in [2.45, 2.75) is 58.7 Å². The van der Waals surface area contributed by atoms with E-state index in [1.807, 2.05) is 13.0 Å². The minimum atomic E-state index is -4.48. The third-order valence-electron chi connectivity index (χ3n) is 6.19. The minimum absolute atomic E-state index is 0.0634. The predicted octanol–water partition coefficient (Wildman–Crippen LogP) is 7.45. The van der Waals surface area contributed by atoms with E-state index in [4.69, 9.17) is 11.6 Å². The zero-order chi connectivity index (χ0) is 24.6. The molecule has 4 nitrogen and oxygen atoms in total. The van der Waals surface area contributed by atoms with E-state index in [2.05, 4.69) is 15.0 Å². The Bertz CT molecular complexity index is 1170. The van der Waals surface area contributed by atoms with Gasteiger partial charge in [0.15, 0.2) is 0 Å². The summed E-state index contributed by atoms with van der Waals surface area (Å²) in [5, 5.41) is 4.57. The van der Waals surface area contributed by atoms with Crippen LogP contribution in [0.15, 0.2) is 36.4 Å². The molecule has 1 atom stereocenters. The van der Waals surface area contributed by atoms with Crippen molar-refractivity contribution in [2.75, 3.05) is 11.4 Å². The van der Waals surface area contributed by atoms with Gasteiger partial charge in [-0.05, 0) is 68.0 Å². The normalized spacial score (nSPS) is 14.9. The number of hydrogen-bond donors (Lipinski definition) is 0. The second-order valence-corrected chi connectivity index (χ2v) is 9.34. The molecular formula is C25H27ClF4N4. The molecule has 1 aliphatic rings. The van der Waals surface area contributed by atoms with E-state index in [1.54, 1.807) is 26.0 Å². The molecule has 0 radical (unpaired) electrons. The van der Waals surface area contributed by atoms with E-state index in [1.165, 1.54) is 10.7 Å². The first-order valence-electron chi connectivity index (χ1n) is 11.4. The Morgan fingerprint density at radius 3 is 2.47 bits per heavy atom. The smallest absolute Gasteiger partial charge is 0.332 e. The van der Waals surface area contributed by atoms with Crippen LogP contribution in [0, 0.1) is 25.6 Å². The van der Waals surface area contributed by atoms with Crippen molar-refractivity contribution in [3.63, 3.8) is 0 Å². The number of alkyl halides is 3. The van der Waals surface area contributed by atoms with Gasteiger partial charge >= 0.3 is 6.18 Å². The summed E-state index contributed by atoms with van der Waals surface area (Å²) in [6.45, 7) is 6.17. The van der Waals surface area contributed by atoms with Crippen LogP contribution in [-0.4, -0.2) is 21.3 Å². The van der Waals surface area contributed by atoms with E-state index in [0.29, 0.717) is 35.5 Å². The van der Waals surface area contributed by atoms with E-state index in [-0.39, 0.29) is 16.9 Å². The lowest BCUT2D eigenvalue weighted by atomic mass is 9.98. The van der Waals surface area contributed by atoms with Crippen LogP contribution in [-0.2, 0) is 6.18 Å². The van der Waals surface area contributed by atoms with Gasteiger partial charge in [0.25, 0.3) is 0 Å². The molecule has 3 aromatic rings. The molecule has 0 N–H and O–H groups in total. The summed E-state index contributed by atoms with van der Waals surface area (Å²) in [5.74, 6) is 1.27. The average molecular weight is 495 g/mol. The molecule has 4 rings (SSSR count). The van der Waals surface area contributed by atoms with Crippen molar-refractivity contribution in [2.24, 2.45) is 5.92 Å². The molecule has 0 amide bonds. The van der Waals surface area contributed by atoms with Crippen molar-refractivity contribution >= 4 is 17.5 Å². The molecule has 34 heavy (non-hydrogen) atoms. The number of hydrogen-bond acceptors (Lipinski definition) is 3. The molecule has 0 saturated heterocycles. The van der Waals surface area contributed by atoms with E-state index >= 15 is 0 Å². The zero-order valence-electron chi connectivity index (χ0n) is 19.3. The van der Waals surface area contributed by atoms with E-state index in [0.717, 1.165) is 43.4 Å². The van der Waals surface area contributed by atoms with Crippen LogP contribution in [0.1, 0.15) is 61.2 Å². The standard InChI is InChI=1S/C25H27ClF4N4/c1-4-11-33(23(12-17-6-7-17)18-8-5-15(2)21(27)13-18)24-31-16(3)34(32-24)22-10-9-19(14-20(22)26)25(28,29)30/h5,8-10,13-14,17,23H,4,6-7,11-12H2,1-3H3. The molecule has 1 aliphatic carbocycles. The number of halogens is 5. The Morgan fingerprint density at radius 1 is 1.15 bits per heavy atom. The second kappa shape index (κ2) is 9.56. The minimum Gasteiger partial charge on any atom is -0.332 e. The van der Waals surface area contributed by atoms with E-state index < -0.39 is 11.7 Å². The maximum atomic E-state index is 14.4. The summed E-state index contributed by atoms with van der Waals surface area (Å²) in [5.41, 5.74) is 0.955. The Balaban J connectivity index is 1.73. The number of aromatic nitrogens is 3. The van der Waals surface area contributed by atoms with Crippen LogP contribution < -0.4 is 4.90 Å². The van der Waals surface area contributed by atoms with Gasteiger partial charge in [-0.15, -0.1) is 5.10 Å². The van der Waals surface area contributed by atoms with Crippen LogP contribution in [0.25, 0.3) is 5.69 Å². The fourth-order valence-corrected chi connectivity index (χ4v) is 4.41. The molecule has 1 saturated carbocycles. The topological polar surface area (TPSA) is 34.0 Å². The highest BCUT2D eigenvalue weighted by atomic mass is 35.5. The number of rotatable bonds is 8. The van der Waals surface area contributed by atoms with Gasteiger partial charge in [0.05, 0.1) is 22.3 Å². The molecule has 0 bridgehead atoms. The summed E-state index contributed by atoms with van der Waals surface area (Å²) in [6, 6.07) is 8.39. The molecule has 9 heteroatoms. The van der Waals surface area contributed by atoms with Crippen molar-refractivity contribution in [1.29, 1.82) is 0 Å². The van der Waals surface area contributed by atoms with Crippen molar-refractivity contribution in [3.8, 4) is 5.69 Å². The summed E-state index contributed by atoms with van der Waals surface area (Å²) < 4.78 is 55.1. The first kappa shape index (κ1) is 24.5. The second-order valence-electron chi connectivity index (χ2n) is 8.93. The molecule has 0 aliphatic heterocycles. The highest BCUT2D eigenvalue weighted by Crippen LogP contribution is 2.41. The van der Waals surface area contributed by atoms with Crippen LogP contribution in [0.2, 0.25) is 5.02 Å². The monoisotopic (exact) mass is 494 g/mol. The maximum Gasteiger partial charge on any atom is 0.416 e. The molecule has 1 unspecified atom stereocenters. The average Bonchev–Trinajstić information content (AvgIpc) is 3.52. The van der Waals surface area contributed by atoms with Crippen LogP contribution in [0.5, 0.6) is 0 Å². The highest BCUT2D eigenvalue weighted by molar-refractivity contribution is 6.32.